The lowest BCUT2D eigenvalue weighted by molar-refractivity contribution is 0.0231. The van der Waals surface area contributed by atoms with E-state index in [0.29, 0.717) is 111 Å². The number of alkyl halides is 2. The number of nitrogens with zero attached hydrogens (tertiary/aromatic N) is 20. The number of aliphatic hydroxyl groups is 4. The minimum Gasteiger partial charge on any atom is -0.496 e. The second kappa shape index (κ2) is 48.5. The number of hydrogen-bond acceptors (Lipinski definition) is 34. The number of amides is 3. The molecule has 8 aliphatic rings. The Hall–Kier alpha value is -11.6. The first kappa shape index (κ1) is 108. The van der Waals surface area contributed by atoms with Gasteiger partial charge in [0.1, 0.15) is 75.7 Å². The molecule has 18 rings (SSSR count). The summed E-state index contributed by atoms with van der Waals surface area (Å²) >= 11 is 27.3. The molecule has 15 heterocycles. The highest BCUT2D eigenvalue weighted by Gasteiger charge is 2.40. The number of rotatable bonds is 19. The standard InChI is InChI=1S/C28H37N7O4.C23H29N7O2.C16H23ClN4O3.C12H15N3O3.C11H13Cl2N3O2.C5H11NO.CH2Cl2/c1-17-10-20(11-23(38-6)18(17)2)34-14-24(29-16-34)31-26-30-22-13-33(27(37)39-28(3,4)5)12-21(22)25(32-26)35-9-7-8-19(35)15-36;1-14-7-17(8-20(32-3)15(14)2)29-11-21(25-13-29)27-23-26-19-10-24-9-18(19)22(28-23)30-6-4-5-16(30)12-31;1-16(2,3)24-15(23)20-7-11-12(8-20)18-14(17)19-13(11)21-6-4-5-10(21)9-22;1-16-9-4-8(15-6-11(13)14-7-15)5-10(17-2)12(9)18-3;1-11(2,3)18-10(17)16-4-6-7(5-16)14-9(13)15-8(6)12;7-4-5-2-1-3-6-5;2-1-3/h10-11,14,16,19,36H,7-9,12-13,15H2,1-6H3,(H,30,31,32);7-8,11,13,16,24,31H,4-6,9-10,12H2,1-3H3,(H,26,27,28);10,22H,4-9H2,1-3H3;4-7H,13H2,1-3H3;4-5H2,1-3H3;5-7H,1-4H2;1H2/t19-;16-;10-;;;5-;/m000..0./s1. The van der Waals surface area contributed by atoms with Crippen LogP contribution < -0.4 is 65.4 Å². The molecular weight excluding hydrogens is 1920 g/mol. The molecule has 4 saturated heterocycles. The number of imidazole rings is 3. The van der Waals surface area contributed by atoms with E-state index in [2.05, 4.69) is 104 Å². The zero-order chi connectivity index (χ0) is 102. The lowest BCUT2D eigenvalue weighted by atomic mass is 10.1. The highest BCUT2D eigenvalue weighted by Crippen LogP contribution is 2.43. The summed E-state index contributed by atoms with van der Waals surface area (Å²) in [6.45, 7) is 32.5. The molecule has 4 atom stereocenters. The number of nitrogen functional groups attached to an aromatic ring is 1. The number of aliphatic hydroxyl groups excluding tert-OH is 4. The second-order valence-electron chi connectivity index (χ2n) is 37.6. The van der Waals surface area contributed by atoms with Gasteiger partial charge in [0, 0.05) is 85.3 Å². The van der Waals surface area contributed by atoms with Gasteiger partial charge in [-0.1, -0.05) is 11.6 Å². The Bertz CT molecular complexity index is 5940. The van der Waals surface area contributed by atoms with Gasteiger partial charge in [-0.3, -0.25) is 14.7 Å². The molecule has 764 valence electrons. The van der Waals surface area contributed by atoms with Crippen LogP contribution in [0.3, 0.4) is 0 Å². The highest BCUT2D eigenvalue weighted by atomic mass is 35.5. The van der Waals surface area contributed by atoms with Crippen molar-refractivity contribution in [2.75, 3.05) is 125 Å². The van der Waals surface area contributed by atoms with Crippen molar-refractivity contribution in [1.82, 2.24) is 93.9 Å². The van der Waals surface area contributed by atoms with Gasteiger partial charge in [-0.05, 0) is 206 Å². The van der Waals surface area contributed by atoms with Gasteiger partial charge < -0.3 is 114 Å². The number of hydrogen-bond donors (Lipinski definition) is 9. The molecule has 4 fully saturated rings. The van der Waals surface area contributed by atoms with Crippen molar-refractivity contribution < 1.29 is 72.7 Å². The number of nitrogens with one attached hydrogen (secondary N) is 4. The number of nitrogens with two attached hydrogens (primary N) is 1. The van der Waals surface area contributed by atoms with Gasteiger partial charge >= 0.3 is 18.3 Å². The van der Waals surface area contributed by atoms with Gasteiger partial charge in [0.15, 0.2) is 23.1 Å². The lowest BCUT2D eigenvalue weighted by Crippen LogP contribution is -2.35. The number of benzene rings is 3. The van der Waals surface area contributed by atoms with Crippen LogP contribution in [-0.4, -0.2) is 256 Å². The van der Waals surface area contributed by atoms with Gasteiger partial charge in [-0.2, -0.15) is 9.97 Å². The van der Waals surface area contributed by atoms with Crippen LogP contribution in [0.25, 0.3) is 17.1 Å². The van der Waals surface area contributed by atoms with Crippen molar-refractivity contribution in [3.63, 3.8) is 0 Å². The molecule has 0 saturated carbocycles. The number of fused-ring (bicyclic) bond motifs is 4. The molecule has 10 N–H and O–H groups in total. The zero-order valence-electron chi connectivity index (χ0n) is 83.1. The smallest absolute Gasteiger partial charge is 0.410 e. The van der Waals surface area contributed by atoms with Crippen molar-refractivity contribution in [3.8, 4) is 45.8 Å². The fourth-order valence-corrected chi connectivity index (χ4v) is 17.8. The monoisotopic (exact) mass is 2050 g/mol. The Morgan fingerprint density at radius 2 is 0.830 bits per heavy atom. The topological polar surface area (TPSA) is 456 Å². The van der Waals surface area contributed by atoms with E-state index >= 15 is 0 Å². The van der Waals surface area contributed by atoms with Crippen molar-refractivity contribution in [3.05, 3.63) is 157 Å². The molecule has 3 amide bonds. The number of carbonyl (C=O) groups excluding carboxylic acids is 3. The maximum Gasteiger partial charge on any atom is 0.410 e. The Balaban J connectivity index is 0.000000158. The SMILES string of the molecule is CC(C)(C)OC(=O)N1Cc2nc(Cl)nc(Cl)c2C1.CC(C)(C)OC(=O)N1Cc2nc(Cl)nc(N3CCC[C@H]3CO)c2C1.COc1cc(-n2cnc(N)c2)cc(OC)c1OC.COc1cc(-n2cnc(Nc3nc4c(c(N5CCC[C@H]5CO)n3)CN(C(=O)OC(C)(C)C)C4)c2)cc(C)c1C.COc1cc(-n2cnc(Nc3nc4c(c(N5CCC[C@H]5CO)n3)CNC4)c2)cc(C)c1C.ClCCl.OC[C@@H]1CCCN1. The number of carbonyl (C=O) groups is 3. The maximum atomic E-state index is 12.9. The Labute approximate surface area is 846 Å². The van der Waals surface area contributed by atoms with E-state index in [1.54, 1.807) is 75.1 Å². The number of methoxy groups -OCH3 is 5. The highest BCUT2D eigenvalue weighted by molar-refractivity contribution is 6.40. The van der Waals surface area contributed by atoms with Crippen LogP contribution >= 0.6 is 58.0 Å². The van der Waals surface area contributed by atoms with Crippen LogP contribution in [0.4, 0.5) is 61.2 Å². The molecule has 0 aliphatic carbocycles. The van der Waals surface area contributed by atoms with E-state index in [1.807, 2.05) is 115 Å². The second-order valence-corrected chi connectivity index (χ2v) is 39.4. The third kappa shape index (κ3) is 27.9. The number of halogens is 5. The van der Waals surface area contributed by atoms with E-state index in [9.17, 15) is 29.7 Å². The van der Waals surface area contributed by atoms with Crippen LogP contribution in [0, 0.1) is 27.7 Å². The van der Waals surface area contributed by atoms with Gasteiger partial charge in [0.05, 0.1) is 183 Å². The minimum atomic E-state index is -0.594. The van der Waals surface area contributed by atoms with E-state index in [1.165, 1.54) is 11.3 Å². The molecule has 0 radical (unpaired) electrons. The molecule has 8 aliphatic heterocycles. The summed E-state index contributed by atoms with van der Waals surface area (Å²) in [5.41, 5.74) is 18.0. The first-order valence-electron chi connectivity index (χ1n) is 46.5. The summed E-state index contributed by atoms with van der Waals surface area (Å²) in [5, 5.41) is 51.7. The molecule has 0 spiro atoms. The summed E-state index contributed by atoms with van der Waals surface area (Å²) in [7, 11) is 8.06. The van der Waals surface area contributed by atoms with Crippen LogP contribution in [0.5, 0.6) is 28.7 Å². The van der Waals surface area contributed by atoms with Gasteiger partial charge in [0.25, 0.3) is 0 Å². The van der Waals surface area contributed by atoms with E-state index in [0.717, 1.165) is 185 Å². The van der Waals surface area contributed by atoms with Gasteiger partial charge in [-0.15, -0.1) is 23.2 Å². The number of aryl methyl sites for hydroxylation is 2. The summed E-state index contributed by atoms with van der Waals surface area (Å²) < 4.78 is 48.8. The molecule has 0 unspecified atom stereocenters. The third-order valence-electron chi connectivity index (χ3n) is 24.2. The summed E-state index contributed by atoms with van der Waals surface area (Å²) in [4.78, 5) is 97.1. The predicted octanol–water partition coefficient (Wildman–Crippen LogP) is 14.8. The van der Waals surface area contributed by atoms with Crippen molar-refractivity contribution in [2.45, 2.75) is 235 Å². The number of anilines is 8. The molecule has 45 heteroatoms. The van der Waals surface area contributed by atoms with Crippen LogP contribution in [0.2, 0.25) is 15.7 Å². The van der Waals surface area contributed by atoms with E-state index in [-0.39, 0.29) is 71.2 Å². The third-order valence-corrected chi connectivity index (χ3v) is 24.9. The minimum absolute atomic E-state index is 0.0219. The molecule has 7 aromatic heterocycles. The molecule has 3 aromatic carbocycles. The summed E-state index contributed by atoms with van der Waals surface area (Å²) in [6, 6.07) is 12.4. The maximum absolute atomic E-state index is 12.9. The van der Waals surface area contributed by atoms with E-state index in [4.69, 9.17) is 127 Å². The van der Waals surface area contributed by atoms with Crippen molar-refractivity contribution >= 4 is 123 Å². The first-order chi connectivity index (χ1) is 67.2. The Morgan fingerprint density at radius 1 is 0.447 bits per heavy atom. The van der Waals surface area contributed by atoms with Crippen LogP contribution in [0.15, 0.2) is 74.0 Å². The van der Waals surface area contributed by atoms with Crippen LogP contribution in [0.1, 0.15) is 181 Å². The normalized spacial score (nSPS) is 17.0. The van der Waals surface area contributed by atoms with Crippen molar-refractivity contribution in [1.29, 1.82) is 0 Å². The summed E-state index contributed by atoms with van der Waals surface area (Å²) in [6.07, 6.45) is 17.7. The van der Waals surface area contributed by atoms with E-state index < -0.39 is 22.9 Å². The molecule has 141 heavy (non-hydrogen) atoms. The number of aromatic nitrogens is 14. The number of ether oxygens (including phenoxy) is 8. The lowest BCUT2D eigenvalue weighted by Gasteiger charge is -2.27. The van der Waals surface area contributed by atoms with Crippen LogP contribution in [-0.2, 0) is 66.6 Å². The van der Waals surface area contributed by atoms with Gasteiger partial charge in [-0.25, -0.2) is 59.2 Å². The van der Waals surface area contributed by atoms with Crippen molar-refractivity contribution in [2.24, 2.45) is 0 Å². The van der Waals surface area contributed by atoms with Gasteiger partial charge in [0.2, 0.25) is 28.2 Å². The molecular formula is C96H130Cl5N25O15. The molecule has 40 nitrogen and oxygen atoms in total. The Morgan fingerprint density at radius 3 is 1.22 bits per heavy atom. The molecule has 10 aromatic rings. The summed E-state index contributed by atoms with van der Waals surface area (Å²) in [5.74, 6) is 8.38. The fourth-order valence-electron chi connectivity index (χ4n) is 17.1. The molecule has 0 bridgehead atoms. The first-order valence-corrected chi connectivity index (χ1v) is 48.7. The quantitative estimate of drug-likeness (QED) is 0.0157. The average molecular weight is 2050 g/mol. The largest absolute Gasteiger partial charge is 0.496 e. The Kier molecular flexibility index (Phi) is 37.2. The predicted molar refractivity (Wildman–Crippen MR) is 541 cm³/mol. The average Bonchev–Trinajstić information content (AvgIpc) is 1.61. The zero-order valence-corrected chi connectivity index (χ0v) is 86.9. The fraction of sp³-hybridized carbons (Fsp3) is 0.521.